The van der Waals surface area contributed by atoms with E-state index in [0.717, 1.165) is 83.3 Å². The Hall–Kier alpha value is -11.6. The number of ether oxygens (including phenoxy) is 1. The Bertz CT molecular complexity index is 5350. The molecule has 0 unspecified atom stereocenters. The number of aromatic nitrogens is 9. The van der Waals surface area contributed by atoms with Crippen molar-refractivity contribution in [3.63, 3.8) is 0 Å². The lowest BCUT2D eigenvalue weighted by Gasteiger charge is -2.12. The van der Waals surface area contributed by atoms with E-state index < -0.39 is 35.5 Å². The van der Waals surface area contributed by atoms with E-state index in [2.05, 4.69) is 55.5 Å². The third-order valence-corrected chi connectivity index (χ3v) is 20.1. The number of nitrogen functional groups attached to an aromatic ring is 3. The number of pyridine rings is 9. The Kier molecular flexibility index (Phi) is 27.2. The standard InChI is InChI=1S/2C25H25N5O3S.C18H16N2O4S.C8H13N3.2CH4/c2*1-15-8-24(26)30-16(2)22(15)14-29-25(31)18-6-7-27-20(11-18)10-17-9-19-12-21(34(3,32)33)4-5-23(19)28-13-17;1-24-18(21)13-5-6-19-15(9-13)8-12-7-14-10-16(25(2,22)23)3-4-17(14)20-11-12;1-5-3-8(10)11-6(2)7(5)4-9;;/h2*4-9,11-13H,10,14H2,1-3H3,(H2,26,30)(H,29,31);3-7,9-11H,8H2,1-2H3;3H,4,9H2,1-2H3,(H2,10,11);2*1H4. The van der Waals surface area contributed by atoms with Crippen LogP contribution < -0.4 is 33.6 Å². The van der Waals surface area contributed by atoms with Crippen LogP contribution in [0.25, 0.3) is 32.7 Å². The van der Waals surface area contributed by atoms with Crippen LogP contribution in [0.2, 0.25) is 0 Å². The summed E-state index contributed by atoms with van der Waals surface area (Å²) in [4.78, 5) is 76.8. The van der Waals surface area contributed by atoms with E-state index in [1.54, 1.807) is 140 Å². The molecular formula is C78H87N15O10S3. The van der Waals surface area contributed by atoms with Gasteiger partial charge in [-0.05, 0) is 219 Å². The van der Waals surface area contributed by atoms with E-state index in [1.165, 1.54) is 25.9 Å². The van der Waals surface area contributed by atoms with Crippen molar-refractivity contribution in [2.24, 2.45) is 5.73 Å². The van der Waals surface area contributed by atoms with Crippen LogP contribution in [0, 0.1) is 41.5 Å². The minimum absolute atomic E-state index is 0. The van der Waals surface area contributed by atoms with Gasteiger partial charge in [0.05, 0.1) is 43.9 Å². The molecule has 0 atom stereocenters. The van der Waals surface area contributed by atoms with Gasteiger partial charge in [-0.15, -0.1) is 0 Å². The van der Waals surface area contributed by atoms with E-state index in [-0.39, 0.29) is 41.4 Å². The number of hydrogen-bond donors (Lipinski definition) is 6. The highest BCUT2D eigenvalue weighted by Crippen LogP contribution is 2.25. The van der Waals surface area contributed by atoms with Crippen LogP contribution in [-0.2, 0) is 73.1 Å². The van der Waals surface area contributed by atoms with Gasteiger partial charge in [-0.2, -0.15) is 0 Å². The smallest absolute Gasteiger partial charge is 0.337 e. The summed E-state index contributed by atoms with van der Waals surface area (Å²) in [6.45, 7) is 12.7. The summed E-state index contributed by atoms with van der Waals surface area (Å²) in [6.07, 6.45) is 14.8. The van der Waals surface area contributed by atoms with Crippen LogP contribution in [0.15, 0.2) is 179 Å². The van der Waals surface area contributed by atoms with Crippen LogP contribution in [-0.4, -0.2) is 114 Å². The first-order valence-corrected chi connectivity index (χ1v) is 38.0. The molecule has 0 aliphatic rings. The molecule has 25 nitrogen and oxygen atoms in total. The Morgan fingerprint density at radius 1 is 0.406 bits per heavy atom. The number of aryl methyl sites for hydroxylation is 6. The van der Waals surface area contributed by atoms with Gasteiger partial charge in [0.2, 0.25) is 0 Å². The molecule has 552 valence electrons. The van der Waals surface area contributed by atoms with Gasteiger partial charge < -0.3 is 38.3 Å². The fourth-order valence-electron chi connectivity index (χ4n) is 11.4. The lowest BCUT2D eigenvalue weighted by Crippen LogP contribution is -2.24. The van der Waals surface area contributed by atoms with Gasteiger partial charge in [-0.3, -0.25) is 39.5 Å². The topological polar surface area (TPSA) is 407 Å². The maximum atomic E-state index is 12.8. The van der Waals surface area contributed by atoms with Gasteiger partial charge in [-0.1, -0.05) is 14.9 Å². The molecule has 106 heavy (non-hydrogen) atoms. The fourth-order valence-corrected chi connectivity index (χ4v) is 13.3. The molecule has 9 aromatic heterocycles. The molecule has 2 amide bonds. The first kappa shape index (κ1) is 81.7. The summed E-state index contributed by atoms with van der Waals surface area (Å²) < 4.78 is 75.6. The predicted molar refractivity (Wildman–Crippen MR) is 415 cm³/mol. The predicted octanol–water partition coefficient (Wildman–Crippen LogP) is 10.7. The van der Waals surface area contributed by atoms with Gasteiger partial charge >= 0.3 is 5.97 Å². The zero-order valence-corrected chi connectivity index (χ0v) is 61.4. The molecule has 0 aliphatic carbocycles. The highest BCUT2D eigenvalue weighted by Gasteiger charge is 2.17. The van der Waals surface area contributed by atoms with Crippen molar-refractivity contribution < 1.29 is 44.4 Å². The van der Waals surface area contributed by atoms with Crippen molar-refractivity contribution in [3.8, 4) is 0 Å². The Balaban J connectivity index is 0.000000207. The number of nitrogens with one attached hydrogen (secondary N) is 2. The van der Waals surface area contributed by atoms with E-state index in [1.807, 2.05) is 65.8 Å². The molecule has 0 aliphatic heterocycles. The third kappa shape index (κ3) is 21.8. The quantitative estimate of drug-likeness (QED) is 0.0461. The lowest BCUT2D eigenvalue weighted by atomic mass is 10.1. The zero-order chi connectivity index (χ0) is 75.4. The van der Waals surface area contributed by atoms with Crippen molar-refractivity contribution in [1.29, 1.82) is 0 Å². The summed E-state index contributed by atoms with van der Waals surface area (Å²) in [5.41, 5.74) is 39.4. The van der Waals surface area contributed by atoms with Crippen LogP contribution in [0.5, 0.6) is 0 Å². The second kappa shape index (κ2) is 35.3. The van der Waals surface area contributed by atoms with Crippen LogP contribution >= 0.6 is 0 Å². The number of amides is 2. The highest BCUT2D eigenvalue weighted by molar-refractivity contribution is 7.91. The van der Waals surface area contributed by atoms with Gasteiger partial charge in [-0.25, -0.2) is 45.0 Å². The van der Waals surface area contributed by atoms with Gasteiger partial charge in [0.1, 0.15) is 17.5 Å². The summed E-state index contributed by atoms with van der Waals surface area (Å²) in [7, 11) is -8.57. The number of carbonyl (C=O) groups is 3. The number of nitrogens with two attached hydrogens (primary N) is 4. The third-order valence-electron chi connectivity index (χ3n) is 16.7. The number of sulfone groups is 3. The number of anilines is 3. The van der Waals surface area contributed by atoms with Gasteiger partial charge in [0, 0.05) is 156 Å². The van der Waals surface area contributed by atoms with Crippen molar-refractivity contribution >= 4 is 97.5 Å². The summed E-state index contributed by atoms with van der Waals surface area (Å²) in [5.74, 6) is 0.636. The number of hydrogen-bond acceptors (Lipinski definition) is 23. The van der Waals surface area contributed by atoms with Gasteiger partial charge in [0.15, 0.2) is 29.5 Å². The monoisotopic (exact) mass is 1490 g/mol. The molecule has 0 bridgehead atoms. The van der Waals surface area contributed by atoms with Crippen molar-refractivity contribution in [2.45, 2.75) is 110 Å². The molecule has 0 spiro atoms. The Labute approximate surface area is 618 Å². The van der Waals surface area contributed by atoms with E-state index in [4.69, 9.17) is 27.7 Å². The molecule has 3 aromatic carbocycles. The second-order valence-electron chi connectivity index (χ2n) is 24.9. The number of carbonyl (C=O) groups excluding carboxylic acids is 3. The number of benzene rings is 3. The highest BCUT2D eigenvalue weighted by atomic mass is 32.2. The van der Waals surface area contributed by atoms with E-state index in [0.29, 0.717) is 107 Å². The minimum atomic E-state index is -3.31. The molecule has 0 radical (unpaired) electrons. The average molecular weight is 1490 g/mol. The lowest BCUT2D eigenvalue weighted by molar-refractivity contribution is 0.0600. The number of esters is 1. The maximum Gasteiger partial charge on any atom is 0.337 e. The van der Waals surface area contributed by atoms with E-state index >= 15 is 0 Å². The fraction of sp³-hybridized carbons (Fsp3) is 0.231. The number of rotatable bonds is 17. The number of nitrogens with zero attached hydrogens (tertiary/aromatic N) is 9. The van der Waals surface area contributed by atoms with Crippen LogP contribution in [0.4, 0.5) is 17.5 Å². The number of methoxy groups -OCH3 is 1. The second-order valence-corrected chi connectivity index (χ2v) is 30.9. The molecule has 0 saturated carbocycles. The molecule has 28 heteroatoms. The molecular weight excluding hydrogens is 1400 g/mol. The van der Waals surface area contributed by atoms with E-state index in [9.17, 15) is 39.6 Å². The molecule has 0 fully saturated rings. The van der Waals surface area contributed by atoms with Crippen LogP contribution in [0.3, 0.4) is 0 Å². The molecule has 12 aromatic rings. The first-order chi connectivity index (χ1) is 49.2. The summed E-state index contributed by atoms with van der Waals surface area (Å²) in [5, 5.41) is 8.08. The van der Waals surface area contributed by atoms with Crippen LogP contribution in [0.1, 0.15) is 130 Å². The Morgan fingerprint density at radius 2 is 0.708 bits per heavy atom. The first-order valence-electron chi connectivity index (χ1n) is 32.4. The van der Waals surface area contributed by atoms with Crippen molar-refractivity contribution in [2.75, 3.05) is 43.1 Å². The SMILES string of the molecule is C.C.COC(=O)c1ccnc(Cc2cnc3ccc(S(C)(=O)=O)cc3c2)c1.Cc1cc(N)nc(C)c1CN.Cc1cc(N)nc(C)c1CNC(=O)c1ccnc(Cc2cnc3ccc(S(C)(=O)=O)cc3c2)c1.Cc1cc(N)nc(C)c1CNC(=O)c1ccnc(Cc2cnc3ccc(S(C)(=O)=O)cc3c2)c1. The summed E-state index contributed by atoms with van der Waals surface area (Å²) in [6, 6.07) is 35.7. The van der Waals surface area contributed by atoms with Crippen molar-refractivity contribution in [1.82, 2.24) is 55.5 Å². The zero-order valence-electron chi connectivity index (χ0n) is 59.0. The van der Waals surface area contributed by atoms with Crippen molar-refractivity contribution in [3.05, 3.63) is 265 Å². The largest absolute Gasteiger partial charge is 0.465 e. The minimum Gasteiger partial charge on any atom is -0.465 e. The normalized spacial score (nSPS) is 11.1. The molecule has 10 N–H and O–H groups in total. The molecule has 9 heterocycles. The maximum absolute atomic E-state index is 12.8. The van der Waals surface area contributed by atoms with Gasteiger partial charge in [0.25, 0.3) is 11.8 Å². The number of fused-ring (bicyclic) bond motifs is 3. The Morgan fingerprint density at radius 3 is 1.00 bits per heavy atom. The summed E-state index contributed by atoms with van der Waals surface area (Å²) >= 11 is 0. The molecule has 0 saturated heterocycles. The average Bonchev–Trinajstić information content (AvgIpc) is 0.807. The molecule has 12 rings (SSSR count).